The predicted octanol–water partition coefficient (Wildman–Crippen LogP) is 4.01. The van der Waals surface area contributed by atoms with Gasteiger partial charge in [0.25, 0.3) is 0 Å². The van der Waals surface area contributed by atoms with E-state index < -0.39 is 8.07 Å². The van der Waals surface area contributed by atoms with Crippen molar-refractivity contribution >= 4 is 25.1 Å². The topological polar surface area (TPSA) is 76.8 Å². The first-order valence-electron chi connectivity index (χ1n) is 7.47. The van der Waals surface area contributed by atoms with Crippen LogP contribution in [-0.4, -0.2) is 13.9 Å². The first-order valence-corrected chi connectivity index (χ1v) is 11.0. The Hall–Kier alpha value is -2.18. The van der Waals surface area contributed by atoms with Crippen molar-refractivity contribution in [1.29, 1.82) is 0 Å². The minimum absolute atomic E-state index is 0. The SMILES string of the molecule is C[Si](C)(C)c1ccccc1C(=O)/C=C/c1ccccc1.[C-]#[O+].[C-]#[O+].[C-]#[O+].[Cr]. The van der Waals surface area contributed by atoms with Gasteiger partial charge in [0.15, 0.2) is 5.78 Å². The van der Waals surface area contributed by atoms with Crippen molar-refractivity contribution in [3.63, 3.8) is 0 Å². The summed E-state index contributed by atoms with van der Waals surface area (Å²) >= 11 is 0. The molecule has 0 heterocycles. The Bertz CT molecular complexity index is 743. The zero-order chi connectivity index (χ0) is 20.6. The van der Waals surface area contributed by atoms with Crippen LogP contribution in [0.3, 0.4) is 0 Å². The molecule has 0 spiro atoms. The maximum atomic E-state index is 12.4. The first kappa shape index (κ1) is 29.6. The van der Waals surface area contributed by atoms with Crippen LogP contribution < -0.4 is 5.19 Å². The number of hydrogen-bond donors (Lipinski definition) is 0. The molecule has 6 heteroatoms. The molecule has 0 aliphatic rings. The molecule has 0 unspecified atom stereocenters. The van der Waals surface area contributed by atoms with Gasteiger partial charge in [-0.2, -0.15) is 0 Å². The second kappa shape index (κ2) is 17.2. The number of rotatable bonds is 4. The third-order valence-corrected chi connectivity index (χ3v) is 5.28. The van der Waals surface area contributed by atoms with Gasteiger partial charge in [0.1, 0.15) is 0 Å². The van der Waals surface area contributed by atoms with Crippen LogP contribution in [0.25, 0.3) is 6.08 Å². The normalized spacial score (nSPS) is 8.93. The predicted molar refractivity (Wildman–Crippen MR) is 101 cm³/mol. The van der Waals surface area contributed by atoms with Crippen LogP contribution in [-0.2, 0) is 31.3 Å². The monoisotopic (exact) mass is 416 g/mol. The number of carbonyl (C=O) groups excluding carboxylic acids is 1. The molecule has 0 radical (unpaired) electrons. The first-order chi connectivity index (χ1) is 12.5. The fourth-order valence-corrected chi connectivity index (χ4v) is 3.79. The van der Waals surface area contributed by atoms with Gasteiger partial charge in [-0.05, 0) is 16.8 Å². The second-order valence-electron chi connectivity index (χ2n) is 5.90. The summed E-state index contributed by atoms with van der Waals surface area (Å²) in [7, 11) is -1.50. The Morgan fingerprint density at radius 2 is 1.26 bits per heavy atom. The quantitative estimate of drug-likeness (QED) is 0.244. The van der Waals surface area contributed by atoms with E-state index in [1.54, 1.807) is 6.08 Å². The van der Waals surface area contributed by atoms with Crippen molar-refractivity contribution in [2.45, 2.75) is 19.6 Å². The maximum absolute atomic E-state index is 12.4. The van der Waals surface area contributed by atoms with Crippen molar-refractivity contribution in [1.82, 2.24) is 0 Å². The molecule has 2 aromatic carbocycles. The fourth-order valence-electron chi connectivity index (χ4n) is 2.18. The van der Waals surface area contributed by atoms with E-state index in [0.29, 0.717) is 0 Å². The van der Waals surface area contributed by atoms with Crippen molar-refractivity contribution in [2.75, 3.05) is 0 Å². The molecule has 0 amide bonds. The van der Waals surface area contributed by atoms with Crippen LogP contribution >= 0.6 is 0 Å². The summed E-state index contributed by atoms with van der Waals surface area (Å²) in [5, 5.41) is 1.22. The maximum Gasteiger partial charge on any atom is 0 e. The molecule has 2 rings (SSSR count). The molecule has 0 bridgehead atoms. The molecule has 0 atom stereocenters. The van der Waals surface area contributed by atoms with Gasteiger partial charge in [0.05, 0.1) is 8.07 Å². The fraction of sp³-hybridized carbons (Fsp3) is 0.143. The summed E-state index contributed by atoms with van der Waals surface area (Å²) in [4.78, 5) is 12.4. The molecule has 0 aromatic heterocycles. The molecule has 0 saturated heterocycles. The van der Waals surface area contributed by atoms with Gasteiger partial charge in [-0.1, -0.05) is 80.3 Å². The third-order valence-electron chi connectivity index (χ3n) is 3.23. The van der Waals surface area contributed by atoms with Gasteiger partial charge < -0.3 is 0 Å². The number of ketones is 1. The van der Waals surface area contributed by atoms with Gasteiger partial charge in [0, 0.05) is 22.9 Å². The van der Waals surface area contributed by atoms with Crippen LogP contribution in [0.2, 0.25) is 19.6 Å². The van der Waals surface area contributed by atoms with Gasteiger partial charge in [-0.25, -0.2) is 0 Å². The molecule has 2 aromatic rings. The van der Waals surface area contributed by atoms with Crippen LogP contribution in [0.15, 0.2) is 60.7 Å². The minimum atomic E-state index is -1.50. The average molecular weight is 416 g/mol. The van der Waals surface area contributed by atoms with E-state index >= 15 is 0 Å². The molecule has 138 valence electrons. The largest absolute Gasteiger partial charge is 0 e. The summed E-state index contributed by atoms with van der Waals surface area (Å²) in [6, 6.07) is 17.9. The van der Waals surface area contributed by atoms with Crippen molar-refractivity contribution in [3.05, 3.63) is 91.8 Å². The van der Waals surface area contributed by atoms with E-state index in [4.69, 9.17) is 14.0 Å². The molecule has 4 nitrogen and oxygen atoms in total. The molecule has 0 N–H and O–H groups in total. The number of hydrogen-bond acceptors (Lipinski definition) is 1. The third kappa shape index (κ3) is 11.2. The van der Waals surface area contributed by atoms with E-state index in [0.717, 1.165) is 11.1 Å². The van der Waals surface area contributed by atoms with Crippen LogP contribution in [0.4, 0.5) is 0 Å². The Morgan fingerprint density at radius 1 is 0.815 bits per heavy atom. The van der Waals surface area contributed by atoms with Crippen molar-refractivity contribution < 1.29 is 36.1 Å². The molecule has 0 saturated carbocycles. The van der Waals surface area contributed by atoms with Gasteiger partial charge in [-0.3, -0.25) is 4.79 Å². The van der Waals surface area contributed by atoms with Crippen LogP contribution in [0.5, 0.6) is 0 Å². The van der Waals surface area contributed by atoms with Gasteiger partial charge in [0.2, 0.25) is 0 Å². The molecule has 0 aliphatic carbocycles. The van der Waals surface area contributed by atoms with Crippen LogP contribution in [0, 0.1) is 20.0 Å². The van der Waals surface area contributed by atoms with E-state index in [2.05, 4.69) is 45.7 Å². The summed E-state index contributed by atoms with van der Waals surface area (Å²) in [5.41, 5.74) is 1.89. The molecular weight excluding hydrogens is 396 g/mol. The summed E-state index contributed by atoms with van der Waals surface area (Å²) in [5.74, 6) is 0.0897. The summed E-state index contributed by atoms with van der Waals surface area (Å²) in [6.07, 6.45) is 3.55. The number of allylic oxidation sites excluding steroid dienone is 1. The van der Waals surface area contributed by atoms with E-state index in [1.807, 2.05) is 54.6 Å². The van der Waals surface area contributed by atoms with Crippen molar-refractivity contribution in [3.8, 4) is 0 Å². The Morgan fingerprint density at radius 3 is 1.74 bits per heavy atom. The zero-order valence-corrected chi connectivity index (χ0v) is 17.7. The number of benzene rings is 2. The summed E-state index contributed by atoms with van der Waals surface area (Å²) in [6.45, 7) is 20.3. The Labute approximate surface area is 172 Å². The molecule has 0 aliphatic heterocycles. The minimum Gasteiger partial charge on any atom is 0 e. The van der Waals surface area contributed by atoms with E-state index in [9.17, 15) is 4.79 Å². The Kier molecular flexibility index (Phi) is 18.9. The number of carbonyl (C=O) groups is 1. The molecule has 27 heavy (non-hydrogen) atoms. The van der Waals surface area contributed by atoms with E-state index in [1.165, 1.54) is 5.19 Å². The average Bonchev–Trinajstić information content (AvgIpc) is 2.71. The standard InChI is InChI=1S/C18H20OSi.3CO.Cr/c1-20(2,3)18-12-8-7-11-16(18)17(19)14-13-15-9-5-4-6-10-15;3*1-2;/h4-14H,1-3H3;;;;/b14-13+;;;;. The second-order valence-corrected chi connectivity index (χ2v) is 10.9. The van der Waals surface area contributed by atoms with Gasteiger partial charge >= 0.3 is 33.9 Å². The summed E-state index contributed by atoms with van der Waals surface area (Å²) < 4.78 is 22.5. The smallest absolute Gasteiger partial charge is 0 e. The van der Waals surface area contributed by atoms with Crippen LogP contribution in [0.1, 0.15) is 15.9 Å². The van der Waals surface area contributed by atoms with Crippen molar-refractivity contribution in [2.24, 2.45) is 0 Å². The van der Waals surface area contributed by atoms with Gasteiger partial charge in [-0.15, -0.1) is 0 Å². The van der Waals surface area contributed by atoms with E-state index in [-0.39, 0.29) is 23.1 Å². The molecular formula is C21H20CrO4Si. The Balaban J connectivity index is -0.000000749. The zero-order valence-electron chi connectivity index (χ0n) is 15.4. The molecule has 0 fully saturated rings.